The van der Waals surface area contributed by atoms with Crippen LogP contribution in [0.25, 0.3) is 0 Å². The Morgan fingerprint density at radius 3 is 1.71 bits per heavy atom. The fourth-order valence-electron chi connectivity index (χ4n) is 0.402. The van der Waals surface area contributed by atoms with Crippen molar-refractivity contribution in [2.24, 2.45) is 5.73 Å². The van der Waals surface area contributed by atoms with Crippen molar-refractivity contribution in [2.75, 3.05) is 0 Å². The van der Waals surface area contributed by atoms with E-state index in [1.165, 1.54) is 0 Å². The van der Waals surface area contributed by atoms with Crippen molar-refractivity contribution in [3.05, 3.63) is 0 Å². The number of hydrogen-bond acceptors (Lipinski definition) is 3. The third-order valence-corrected chi connectivity index (χ3v) is 0.986. The van der Waals surface area contributed by atoms with E-state index in [0.29, 0.717) is 0 Å². The molecule has 0 aromatic heterocycles. The van der Waals surface area contributed by atoms with Crippen LogP contribution >= 0.6 is 0 Å². The van der Waals surface area contributed by atoms with E-state index in [4.69, 9.17) is 15.9 Å². The molecule has 14 heavy (non-hydrogen) atoms. The molecule has 9 heteroatoms. The molecule has 0 saturated carbocycles. The zero-order chi connectivity index (χ0) is 8.15. The molecule has 10 N–H and O–H groups in total. The second-order valence-electron chi connectivity index (χ2n) is 1.88. The Hall–Kier alpha value is -0.688. The SMILES string of the molecule is NC(CCC(=O)O)C(=O)O.O.O.O.[AlH3]. The fourth-order valence-corrected chi connectivity index (χ4v) is 0.402. The maximum atomic E-state index is 9.99. The molecule has 0 saturated heterocycles. The van der Waals surface area contributed by atoms with Gasteiger partial charge in [-0.3, -0.25) is 9.59 Å². The summed E-state index contributed by atoms with van der Waals surface area (Å²) in [6.45, 7) is 0. The Morgan fingerprint density at radius 2 is 1.50 bits per heavy atom. The Balaban J connectivity index is -0.0000000675. The number of nitrogens with two attached hydrogens (primary N) is 1. The van der Waals surface area contributed by atoms with Crippen LogP contribution in [0.2, 0.25) is 0 Å². The zero-order valence-corrected chi connectivity index (χ0v) is 6.78. The molecule has 0 aliphatic heterocycles. The number of carboxylic acids is 2. The van der Waals surface area contributed by atoms with Crippen LogP contribution < -0.4 is 5.73 Å². The lowest BCUT2D eigenvalue weighted by Gasteiger charge is -2.01. The first-order chi connectivity index (χ1) is 4.54. The van der Waals surface area contributed by atoms with Crippen molar-refractivity contribution in [1.29, 1.82) is 0 Å². The molecule has 0 rings (SSSR count). The predicted molar refractivity (Wildman–Crippen MR) is 53.3 cm³/mol. The molecule has 1 atom stereocenters. The number of rotatable bonds is 4. The van der Waals surface area contributed by atoms with E-state index in [-0.39, 0.29) is 46.6 Å². The number of aliphatic carboxylic acids is 2. The van der Waals surface area contributed by atoms with Crippen molar-refractivity contribution >= 4 is 29.3 Å². The first-order valence-corrected chi connectivity index (χ1v) is 2.74. The Morgan fingerprint density at radius 1 is 1.14 bits per heavy atom. The summed E-state index contributed by atoms with van der Waals surface area (Å²) in [6.07, 6.45) is -0.224. The highest BCUT2D eigenvalue weighted by Crippen LogP contribution is 1.93. The minimum Gasteiger partial charge on any atom is -0.481 e. The van der Waals surface area contributed by atoms with Gasteiger partial charge in [-0.1, -0.05) is 0 Å². The lowest BCUT2D eigenvalue weighted by Crippen LogP contribution is -2.30. The number of carbonyl (C=O) groups is 2. The van der Waals surface area contributed by atoms with Gasteiger partial charge in [0.15, 0.2) is 17.4 Å². The molecule has 0 fully saturated rings. The third kappa shape index (κ3) is 17.4. The highest BCUT2D eigenvalue weighted by molar-refractivity contribution is 5.75. The van der Waals surface area contributed by atoms with Crippen LogP contribution in [-0.4, -0.2) is 62.0 Å². The van der Waals surface area contributed by atoms with E-state index >= 15 is 0 Å². The highest BCUT2D eigenvalue weighted by atomic mass is 27.0. The standard InChI is InChI=1S/C5H9NO4.Al.3H2O.3H/c6-3(5(9)10)1-2-4(7)8;;;;;;;/h3H,1-2,6H2,(H,7,8)(H,9,10);;3*1H2;;;. The van der Waals surface area contributed by atoms with E-state index in [9.17, 15) is 9.59 Å². The topological polar surface area (TPSA) is 195 Å². The van der Waals surface area contributed by atoms with Crippen molar-refractivity contribution in [3.63, 3.8) is 0 Å². The molecule has 8 nitrogen and oxygen atoms in total. The second-order valence-corrected chi connectivity index (χ2v) is 1.88. The molecule has 1 unspecified atom stereocenters. The molecule has 0 radical (unpaired) electrons. The second kappa shape index (κ2) is 14.8. The van der Waals surface area contributed by atoms with Crippen LogP contribution in [-0.2, 0) is 9.59 Å². The summed E-state index contributed by atoms with van der Waals surface area (Å²) in [7, 11) is 0. The van der Waals surface area contributed by atoms with Gasteiger partial charge >= 0.3 is 11.9 Å². The summed E-state index contributed by atoms with van der Waals surface area (Å²) in [4.78, 5) is 19.9. The van der Waals surface area contributed by atoms with Crippen molar-refractivity contribution < 1.29 is 36.2 Å². The average molecular weight is 231 g/mol. The maximum absolute atomic E-state index is 9.99. The Bertz CT molecular complexity index is 153. The Kier molecular flexibility index (Phi) is 30.9. The zero-order valence-electron chi connectivity index (χ0n) is 6.78. The lowest BCUT2D eigenvalue weighted by atomic mass is 10.2. The van der Waals surface area contributed by atoms with Gasteiger partial charge in [0.25, 0.3) is 0 Å². The minimum absolute atomic E-state index is 0. The smallest absolute Gasteiger partial charge is 0.320 e. The van der Waals surface area contributed by atoms with Gasteiger partial charge in [-0.2, -0.15) is 0 Å². The van der Waals surface area contributed by atoms with Crippen LogP contribution in [0.4, 0.5) is 0 Å². The van der Waals surface area contributed by atoms with Gasteiger partial charge in [-0.05, 0) is 6.42 Å². The first kappa shape index (κ1) is 29.2. The largest absolute Gasteiger partial charge is 0.481 e. The van der Waals surface area contributed by atoms with Crippen LogP contribution in [0.1, 0.15) is 12.8 Å². The highest BCUT2D eigenvalue weighted by Gasteiger charge is 2.12. The Labute approximate surface area is 90.8 Å². The van der Waals surface area contributed by atoms with Crippen LogP contribution in [0.3, 0.4) is 0 Å². The molecule has 88 valence electrons. The van der Waals surface area contributed by atoms with Crippen LogP contribution in [0.15, 0.2) is 0 Å². The van der Waals surface area contributed by atoms with Gasteiger partial charge in [-0.25, -0.2) is 0 Å². The van der Waals surface area contributed by atoms with Crippen molar-refractivity contribution in [1.82, 2.24) is 0 Å². The van der Waals surface area contributed by atoms with Crippen LogP contribution in [0.5, 0.6) is 0 Å². The van der Waals surface area contributed by atoms with Gasteiger partial charge < -0.3 is 32.4 Å². The van der Waals surface area contributed by atoms with Gasteiger partial charge in [-0.15, -0.1) is 0 Å². The van der Waals surface area contributed by atoms with E-state index in [1.54, 1.807) is 0 Å². The number of carboxylic acid groups (broad SMARTS) is 2. The van der Waals surface area contributed by atoms with E-state index in [1.807, 2.05) is 0 Å². The van der Waals surface area contributed by atoms with Crippen LogP contribution in [0, 0.1) is 0 Å². The molecule has 0 aromatic rings. The average Bonchev–Trinajstić information content (AvgIpc) is 1.82. The van der Waals surface area contributed by atoms with Gasteiger partial charge in [0.2, 0.25) is 0 Å². The number of hydrogen-bond donors (Lipinski definition) is 3. The van der Waals surface area contributed by atoms with Crippen molar-refractivity contribution in [2.45, 2.75) is 18.9 Å². The molecular formula is C5H18AlNO7. The molecular weight excluding hydrogens is 213 g/mol. The lowest BCUT2D eigenvalue weighted by molar-refractivity contribution is -0.139. The molecule has 0 amide bonds. The van der Waals surface area contributed by atoms with E-state index in [2.05, 4.69) is 0 Å². The van der Waals surface area contributed by atoms with Crippen molar-refractivity contribution in [3.8, 4) is 0 Å². The first-order valence-electron chi connectivity index (χ1n) is 2.74. The van der Waals surface area contributed by atoms with Gasteiger partial charge in [0.05, 0.1) is 0 Å². The van der Waals surface area contributed by atoms with E-state index in [0.717, 1.165) is 0 Å². The molecule has 0 aliphatic carbocycles. The monoisotopic (exact) mass is 231 g/mol. The summed E-state index contributed by atoms with van der Waals surface area (Å²) < 4.78 is 0. The summed E-state index contributed by atoms with van der Waals surface area (Å²) in [6, 6.07) is -1.06. The molecule has 0 aromatic carbocycles. The quantitative estimate of drug-likeness (QED) is 0.410. The summed E-state index contributed by atoms with van der Waals surface area (Å²) in [5.41, 5.74) is 5.00. The predicted octanol–water partition coefficient (Wildman–Crippen LogP) is -4.39. The van der Waals surface area contributed by atoms with E-state index < -0.39 is 18.0 Å². The fraction of sp³-hybridized carbons (Fsp3) is 0.600. The van der Waals surface area contributed by atoms with Gasteiger partial charge in [0, 0.05) is 6.42 Å². The maximum Gasteiger partial charge on any atom is 0.320 e. The molecule has 0 aliphatic rings. The molecule has 0 heterocycles. The summed E-state index contributed by atoms with van der Waals surface area (Å²) in [5.74, 6) is -2.20. The molecule has 0 bridgehead atoms. The normalized spacial score (nSPS) is 8.93. The minimum atomic E-state index is -1.17. The third-order valence-electron chi connectivity index (χ3n) is 0.986. The van der Waals surface area contributed by atoms with Gasteiger partial charge in [0.1, 0.15) is 6.04 Å². The molecule has 0 spiro atoms. The summed E-state index contributed by atoms with van der Waals surface area (Å²) >= 11 is 0. The summed E-state index contributed by atoms with van der Waals surface area (Å²) in [5, 5.41) is 16.3.